The maximum absolute atomic E-state index is 5.70. The van der Waals surface area contributed by atoms with Crippen LogP contribution in [-0.4, -0.2) is 31.6 Å². The van der Waals surface area contributed by atoms with Gasteiger partial charge in [0.2, 0.25) is 0 Å². The summed E-state index contributed by atoms with van der Waals surface area (Å²) in [5.74, 6) is 1.68. The summed E-state index contributed by atoms with van der Waals surface area (Å²) in [6, 6.07) is 8.33. The molecule has 1 aliphatic rings. The van der Waals surface area contributed by atoms with Gasteiger partial charge in [-0.15, -0.1) is 12.4 Å². The van der Waals surface area contributed by atoms with Crippen molar-refractivity contribution in [3.8, 4) is 5.75 Å². The minimum absolute atomic E-state index is 0. The molecular weight excluding hydrogens is 248 g/mol. The number of nitrogens with zero attached hydrogens (tertiary/aromatic N) is 1. The fourth-order valence-electron chi connectivity index (χ4n) is 2.41. The molecule has 0 radical (unpaired) electrons. The third-order valence-corrected chi connectivity index (χ3v) is 3.58. The second kappa shape index (κ2) is 7.62. The first-order valence-corrected chi connectivity index (χ1v) is 6.37. The first-order chi connectivity index (χ1) is 8.31. The number of piperidine rings is 1. The maximum atomic E-state index is 5.70. The summed E-state index contributed by atoms with van der Waals surface area (Å²) in [4.78, 5) is 2.50. The Morgan fingerprint density at radius 2 is 2.06 bits per heavy atom. The van der Waals surface area contributed by atoms with Crippen molar-refractivity contribution in [3.63, 3.8) is 0 Å². The van der Waals surface area contributed by atoms with Gasteiger partial charge in [-0.3, -0.25) is 4.90 Å². The third kappa shape index (κ3) is 4.16. The molecule has 0 atom stereocenters. The van der Waals surface area contributed by atoms with Crippen LogP contribution in [0.15, 0.2) is 24.3 Å². The zero-order valence-corrected chi connectivity index (χ0v) is 11.8. The van der Waals surface area contributed by atoms with Gasteiger partial charge in [-0.05, 0) is 56.1 Å². The van der Waals surface area contributed by atoms with E-state index >= 15 is 0 Å². The van der Waals surface area contributed by atoms with E-state index in [9.17, 15) is 0 Å². The third-order valence-electron chi connectivity index (χ3n) is 3.58. The van der Waals surface area contributed by atoms with Crippen molar-refractivity contribution in [3.05, 3.63) is 29.8 Å². The molecule has 3 nitrogen and oxygen atoms in total. The molecule has 1 heterocycles. The summed E-state index contributed by atoms with van der Waals surface area (Å²) in [5, 5.41) is 0. The van der Waals surface area contributed by atoms with Crippen molar-refractivity contribution in [2.45, 2.75) is 19.4 Å². The number of halogens is 1. The van der Waals surface area contributed by atoms with Gasteiger partial charge in [0.25, 0.3) is 0 Å². The Balaban J connectivity index is 0.00000162. The van der Waals surface area contributed by atoms with E-state index < -0.39 is 0 Å². The highest BCUT2D eigenvalue weighted by Crippen LogP contribution is 2.19. The number of ether oxygens (including phenoxy) is 1. The Morgan fingerprint density at radius 3 is 2.67 bits per heavy atom. The maximum Gasteiger partial charge on any atom is 0.119 e. The van der Waals surface area contributed by atoms with Crippen LogP contribution in [0.5, 0.6) is 5.75 Å². The predicted octanol–water partition coefficient (Wildman–Crippen LogP) is 2.29. The molecule has 1 fully saturated rings. The van der Waals surface area contributed by atoms with Crippen molar-refractivity contribution >= 4 is 12.4 Å². The Bertz CT molecular complexity index is 351. The smallest absolute Gasteiger partial charge is 0.119 e. The summed E-state index contributed by atoms with van der Waals surface area (Å²) in [6.07, 6.45) is 2.47. The van der Waals surface area contributed by atoms with E-state index in [1.54, 1.807) is 7.11 Å². The van der Waals surface area contributed by atoms with Gasteiger partial charge in [0.1, 0.15) is 5.75 Å². The molecule has 0 bridgehead atoms. The summed E-state index contributed by atoms with van der Waals surface area (Å²) in [5.41, 5.74) is 7.03. The summed E-state index contributed by atoms with van der Waals surface area (Å²) in [6.45, 7) is 4.19. The lowest BCUT2D eigenvalue weighted by Crippen LogP contribution is -2.35. The average Bonchev–Trinajstić information content (AvgIpc) is 2.40. The normalized spacial score (nSPS) is 17.2. The zero-order chi connectivity index (χ0) is 12.1. The highest BCUT2D eigenvalue weighted by molar-refractivity contribution is 5.85. The van der Waals surface area contributed by atoms with E-state index in [-0.39, 0.29) is 12.4 Å². The quantitative estimate of drug-likeness (QED) is 0.912. The van der Waals surface area contributed by atoms with Crippen molar-refractivity contribution in [2.24, 2.45) is 11.7 Å². The van der Waals surface area contributed by atoms with Gasteiger partial charge in [-0.2, -0.15) is 0 Å². The van der Waals surface area contributed by atoms with Crippen LogP contribution < -0.4 is 10.5 Å². The summed E-state index contributed by atoms with van der Waals surface area (Å²) < 4.78 is 5.24. The lowest BCUT2D eigenvalue weighted by molar-refractivity contribution is 0.180. The molecule has 2 rings (SSSR count). The molecule has 102 valence electrons. The monoisotopic (exact) mass is 270 g/mol. The predicted molar refractivity (Wildman–Crippen MR) is 77.3 cm³/mol. The lowest BCUT2D eigenvalue weighted by atomic mass is 9.97. The average molecular weight is 271 g/mol. The number of hydrogen-bond donors (Lipinski definition) is 1. The molecule has 0 aromatic heterocycles. The first kappa shape index (κ1) is 15.3. The van der Waals surface area contributed by atoms with E-state index in [0.717, 1.165) is 24.8 Å². The standard InChI is InChI=1S/C14H22N2O.ClH/c1-17-14-4-2-3-13(9-14)11-16-7-5-12(10-15)6-8-16;/h2-4,9,12H,5-8,10-11,15H2,1H3;1H. The highest BCUT2D eigenvalue weighted by atomic mass is 35.5. The van der Waals surface area contributed by atoms with E-state index in [1.165, 1.54) is 31.5 Å². The molecule has 1 saturated heterocycles. The molecular formula is C14H23ClN2O. The van der Waals surface area contributed by atoms with Gasteiger partial charge in [0.15, 0.2) is 0 Å². The number of methoxy groups -OCH3 is 1. The van der Waals surface area contributed by atoms with E-state index in [0.29, 0.717) is 0 Å². The van der Waals surface area contributed by atoms with Crippen LogP contribution in [-0.2, 0) is 6.54 Å². The van der Waals surface area contributed by atoms with Crippen molar-refractivity contribution in [1.29, 1.82) is 0 Å². The van der Waals surface area contributed by atoms with Gasteiger partial charge in [-0.25, -0.2) is 0 Å². The molecule has 18 heavy (non-hydrogen) atoms. The van der Waals surface area contributed by atoms with Crippen LogP contribution in [0.25, 0.3) is 0 Å². The Kier molecular flexibility index (Phi) is 6.47. The molecule has 0 spiro atoms. The van der Waals surface area contributed by atoms with Crippen molar-refractivity contribution in [2.75, 3.05) is 26.7 Å². The Labute approximate surface area is 116 Å². The van der Waals surface area contributed by atoms with Gasteiger partial charge in [0.05, 0.1) is 7.11 Å². The molecule has 0 amide bonds. The number of hydrogen-bond acceptors (Lipinski definition) is 3. The van der Waals surface area contributed by atoms with E-state index in [4.69, 9.17) is 10.5 Å². The summed E-state index contributed by atoms with van der Waals surface area (Å²) >= 11 is 0. The Hall–Kier alpha value is -0.770. The van der Waals surface area contributed by atoms with Crippen LogP contribution in [0.4, 0.5) is 0 Å². The number of nitrogens with two attached hydrogens (primary N) is 1. The van der Waals surface area contributed by atoms with Crippen molar-refractivity contribution in [1.82, 2.24) is 4.90 Å². The second-order valence-electron chi connectivity index (χ2n) is 4.81. The zero-order valence-electron chi connectivity index (χ0n) is 11.0. The van der Waals surface area contributed by atoms with Gasteiger partial charge >= 0.3 is 0 Å². The number of rotatable bonds is 4. The van der Waals surface area contributed by atoms with Gasteiger partial charge < -0.3 is 10.5 Å². The van der Waals surface area contributed by atoms with Crippen LogP contribution in [0, 0.1) is 5.92 Å². The fourth-order valence-corrected chi connectivity index (χ4v) is 2.41. The topological polar surface area (TPSA) is 38.5 Å². The van der Waals surface area contributed by atoms with E-state index in [2.05, 4.69) is 23.1 Å². The molecule has 0 aliphatic carbocycles. The number of likely N-dealkylation sites (tertiary alicyclic amines) is 1. The molecule has 1 aromatic rings. The van der Waals surface area contributed by atoms with Crippen LogP contribution in [0.2, 0.25) is 0 Å². The molecule has 4 heteroatoms. The number of benzene rings is 1. The lowest BCUT2D eigenvalue weighted by Gasteiger charge is -2.31. The fraction of sp³-hybridized carbons (Fsp3) is 0.571. The molecule has 0 saturated carbocycles. The minimum Gasteiger partial charge on any atom is -0.497 e. The van der Waals surface area contributed by atoms with Crippen LogP contribution >= 0.6 is 12.4 Å². The second-order valence-corrected chi connectivity index (χ2v) is 4.81. The van der Waals surface area contributed by atoms with Crippen molar-refractivity contribution < 1.29 is 4.74 Å². The SMILES string of the molecule is COc1cccc(CN2CCC(CN)CC2)c1.Cl. The Morgan fingerprint density at radius 1 is 1.33 bits per heavy atom. The first-order valence-electron chi connectivity index (χ1n) is 6.37. The molecule has 1 aliphatic heterocycles. The van der Waals surface area contributed by atoms with E-state index in [1.807, 2.05) is 6.07 Å². The van der Waals surface area contributed by atoms with Crippen LogP contribution in [0.3, 0.4) is 0 Å². The molecule has 1 aromatic carbocycles. The minimum atomic E-state index is 0. The molecule has 2 N–H and O–H groups in total. The van der Waals surface area contributed by atoms with Crippen LogP contribution in [0.1, 0.15) is 18.4 Å². The van der Waals surface area contributed by atoms with Gasteiger partial charge in [-0.1, -0.05) is 12.1 Å². The van der Waals surface area contributed by atoms with Gasteiger partial charge in [0, 0.05) is 6.54 Å². The highest BCUT2D eigenvalue weighted by Gasteiger charge is 2.17. The molecule has 0 unspecified atom stereocenters. The largest absolute Gasteiger partial charge is 0.497 e. The summed E-state index contributed by atoms with van der Waals surface area (Å²) in [7, 11) is 1.71.